The van der Waals surface area contributed by atoms with Crippen LogP contribution in [0.2, 0.25) is 0 Å². The molecule has 0 aliphatic rings. The van der Waals surface area contributed by atoms with Crippen LogP contribution < -0.4 is 4.74 Å². The number of ether oxygens (including phenoxy) is 1. The third kappa shape index (κ3) is 2.81. The summed E-state index contributed by atoms with van der Waals surface area (Å²) in [4.78, 5) is 18.0. The van der Waals surface area contributed by atoms with Crippen molar-refractivity contribution >= 4 is 27.9 Å². The van der Waals surface area contributed by atoms with Gasteiger partial charge in [-0.2, -0.15) is 0 Å². The summed E-state index contributed by atoms with van der Waals surface area (Å²) in [5.41, 5.74) is 2.54. The molecule has 2 aromatic heterocycles. The molecular formula is C21H15NO2S. The van der Waals surface area contributed by atoms with Crippen molar-refractivity contribution in [2.45, 2.75) is 0 Å². The highest BCUT2D eigenvalue weighted by atomic mass is 32.1. The van der Waals surface area contributed by atoms with Gasteiger partial charge in [0, 0.05) is 17.1 Å². The van der Waals surface area contributed by atoms with E-state index < -0.39 is 0 Å². The molecule has 0 atom stereocenters. The zero-order valence-electron chi connectivity index (χ0n) is 13.6. The quantitative estimate of drug-likeness (QED) is 0.477. The second-order valence-electron chi connectivity index (χ2n) is 5.60. The normalized spacial score (nSPS) is 10.8. The predicted molar refractivity (Wildman–Crippen MR) is 101 cm³/mol. The van der Waals surface area contributed by atoms with Crippen LogP contribution in [-0.2, 0) is 0 Å². The maximum atomic E-state index is 12.8. The van der Waals surface area contributed by atoms with Crippen LogP contribution in [0.3, 0.4) is 0 Å². The first-order valence-electron chi connectivity index (χ1n) is 7.88. The summed E-state index contributed by atoms with van der Waals surface area (Å²) in [5, 5.41) is 3.79. The van der Waals surface area contributed by atoms with E-state index in [9.17, 15) is 4.79 Å². The van der Waals surface area contributed by atoms with Gasteiger partial charge < -0.3 is 4.74 Å². The molecule has 0 aliphatic carbocycles. The number of methoxy groups -OCH3 is 1. The first-order chi connectivity index (χ1) is 12.3. The van der Waals surface area contributed by atoms with Gasteiger partial charge in [-0.1, -0.05) is 42.5 Å². The van der Waals surface area contributed by atoms with Gasteiger partial charge in [0.25, 0.3) is 0 Å². The topological polar surface area (TPSA) is 39.2 Å². The Labute approximate surface area is 149 Å². The smallest absolute Gasteiger partial charge is 0.221 e. The third-order valence-electron chi connectivity index (χ3n) is 4.16. The van der Waals surface area contributed by atoms with E-state index in [0.717, 1.165) is 27.6 Å². The molecule has 2 aromatic carbocycles. The Kier molecular flexibility index (Phi) is 4.04. The Bertz CT molecular complexity index is 1040. The first-order valence-corrected chi connectivity index (χ1v) is 8.76. The van der Waals surface area contributed by atoms with Crippen molar-refractivity contribution < 1.29 is 9.53 Å². The SMILES string of the molecule is COc1ccc(-c2cnc(C(=O)c3cccs3)c3ccccc23)cc1. The Balaban J connectivity index is 1.88. The summed E-state index contributed by atoms with van der Waals surface area (Å²) in [6.07, 6.45) is 1.78. The van der Waals surface area contributed by atoms with Crippen molar-refractivity contribution in [1.29, 1.82) is 0 Å². The lowest BCUT2D eigenvalue weighted by atomic mass is 9.98. The number of thiophene rings is 1. The molecule has 0 bridgehead atoms. The van der Waals surface area contributed by atoms with E-state index in [0.29, 0.717) is 10.6 Å². The Morgan fingerprint density at radius 2 is 1.72 bits per heavy atom. The minimum Gasteiger partial charge on any atom is -0.497 e. The molecule has 0 amide bonds. The number of rotatable bonds is 4. The van der Waals surface area contributed by atoms with Gasteiger partial charge in [-0.3, -0.25) is 9.78 Å². The fourth-order valence-corrected chi connectivity index (χ4v) is 3.56. The van der Waals surface area contributed by atoms with Gasteiger partial charge in [0.1, 0.15) is 11.4 Å². The van der Waals surface area contributed by atoms with E-state index in [1.54, 1.807) is 13.3 Å². The van der Waals surface area contributed by atoms with Crippen molar-refractivity contribution in [3.05, 3.63) is 82.8 Å². The van der Waals surface area contributed by atoms with Crippen LogP contribution in [-0.4, -0.2) is 17.9 Å². The molecule has 0 saturated carbocycles. The molecule has 0 unspecified atom stereocenters. The maximum absolute atomic E-state index is 12.8. The molecule has 0 fully saturated rings. The number of nitrogens with zero attached hydrogens (tertiary/aromatic N) is 1. The van der Waals surface area contributed by atoms with Gasteiger partial charge in [0.2, 0.25) is 5.78 Å². The van der Waals surface area contributed by atoms with E-state index in [1.165, 1.54) is 11.3 Å². The van der Waals surface area contributed by atoms with E-state index in [2.05, 4.69) is 4.98 Å². The molecule has 4 rings (SSSR count). The summed E-state index contributed by atoms with van der Waals surface area (Å²) >= 11 is 1.44. The summed E-state index contributed by atoms with van der Waals surface area (Å²) in [7, 11) is 1.65. The number of ketones is 1. The van der Waals surface area contributed by atoms with Crippen LogP contribution in [0.15, 0.2) is 72.2 Å². The number of carbonyl (C=O) groups is 1. The molecular weight excluding hydrogens is 330 g/mol. The highest BCUT2D eigenvalue weighted by molar-refractivity contribution is 7.12. The summed E-state index contributed by atoms with van der Waals surface area (Å²) in [6.45, 7) is 0. The van der Waals surface area contributed by atoms with E-state index in [-0.39, 0.29) is 5.78 Å². The Morgan fingerprint density at radius 1 is 0.960 bits per heavy atom. The van der Waals surface area contributed by atoms with Gasteiger partial charge in [-0.25, -0.2) is 0 Å². The van der Waals surface area contributed by atoms with Crippen LogP contribution in [0.25, 0.3) is 21.9 Å². The minimum atomic E-state index is -0.0347. The van der Waals surface area contributed by atoms with Crippen molar-refractivity contribution in [2.75, 3.05) is 7.11 Å². The molecule has 0 spiro atoms. The van der Waals surface area contributed by atoms with E-state index >= 15 is 0 Å². The zero-order chi connectivity index (χ0) is 17.2. The standard InChI is InChI=1S/C21H15NO2S/c1-24-15-10-8-14(9-11-15)18-13-22-20(17-6-3-2-5-16(17)18)21(23)19-7-4-12-25-19/h2-13H,1H3. The average Bonchev–Trinajstić information content (AvgIpc) is 3.21. The Hall–Kier alpha value is -2.98. The molecule has 122 valence electrons. The fourth-order valence-electron chi connectivity index (χ4n) is 2.90. The minimum absolute atomic E-state index is 0.0347. The van der Waals surface area contributed by atoms with Gasteiger partial charge in [-0.05, 0) is 34.5 Å². The van der Waals surface area contributed by atoms with Crippen molar-refractivity contribution in [1.82, 2.24) is 4.98 Å². The average molecular weight is 345 g/mol. The zero-order valence-corrected chi connectivity index (χ0v) is 14.4. The number of aromatic nitrogens is 1. The third-order valence-corrected chi connectivity index (χ3v) is 5.02. The van der Waals surface area contributed by atoms with Crippen molar-refractivity contribution in [3.63, 3.8) is 0 Å². The molecule has 0 N–H and O–H groups in total. The molecule has 4 heteroatoms. The highest BCUT2D eigenvalue weighted by Crippen LogP contribution is 2.31. The summed E-state index contributed by atoms with van der Waals surface area (Å²) in [5.74, 6) is 0.776. The van der Waals surface area contributed by atoms with E-state index in [1.807, 2.05) is 66.0 Å². The summed E-state index contributed by atoms with van der Waals surface area (Å²) < 4.78 is 5.23. The molecule has 2 heterocycles. The molecule has 3 nitrogen and oxygen atoms in total. The number of carbonyl (C=O) groups excluding carboxylic acids is 1. The monoisotopic (exact) mass is 345 g/mol. The van der Waals surface area contributed by atoms with Gasteiger partial charge in [0.05, 0.1) is 12.0 Å². The van der Waals surface area contributed by atoms with Crippen LogP contribution in [0, 0.1) is 0 Å². The highest BCUT2D eigenvalue weighted by Gasteiger charge is 2.17. The molecule has 0 radical (unpaired) electrons. The van der Waals surface area contributed by atoms with Crippen LogP contribution in [0.5, 0.6) is 5.75 Å². The van der Waals surface area contributed by atoms with Crippen LogP contribution in [0.1, 0.15) is 15.4 Å². The molecule has 0 aliphatic heterocycles. The van der Waals surface area contributed by atoms with Crippen LogP contribution in [0.4, 0.5) is 0 Å². The number of pyridine rings is 1. The molecule has 0 saturated heterocycles. The number of fused-ring (bicyclic) bond motifs is 1. The number of benzene rings is 2. The first kappa shape index (κ1) is 15.5. The second-order valence-corrected chi connectivity index (χ2v) is 6.55. The van der Waals surface area contributed by atoms with E-state index in [4.69, 9.17) is 4.74 Å². The van der Waals surface area contributed by atoms with Crippen molar-refractivity contribution in [3.8, 4) is 16.9 Å². The van der Waals surface area contributed by atoms with Crippen molar-refractivity contribution in [2.24, 2.45) is 0 Å². The number of hydrogen-bond acceptors (Lipinski definition) is 4. The summed E-state index contributed by atoms with van der Waals surface area (Å²) in [6, 6.07) is 19.5. The lowest BCUT2D eigenvalue weighted by molar-refractivity contribution is 0.103. The lowest BCUT2D eigenvalue weighted by Gasteiger charge is -2.10. The lowest BCUT2D eigenvalue weighted by Crippen LogP contribution is -2.03. The largest absolute Gasteiger partial charge is 0.497 e. The van der Waals surface area contributed by atoms with Gasteiger partial charge in [0.15, 0.2) is 0 Å². The predicted octanol–water partition coefficient (Wildman–Crippen LogP) is 5.20. The number of hydrogen-bond donors (Lipinski definition) is 0. The second kappa shape index (κ2) is 6.49. The molecule has 4 aromatic rings. The fraction of sp³-hybridized carbons (Fsp3) is 0.0476. The Morgan fingerprint density at radius 3 is 2.40 bits per heavy atom. The maximum Gasteiger partial charge on any atom is 0.221 e. The van der Waals surface area contributed by atoms with Gasteiger partial charge in [-0.15, -0.1) is 11.3 Å². The van der Waals surface area contributed by atoms with Gasteiger partial charge >= 0.3 is 0 Å². The molecule has 25 heavy (non-hydrogen) atoms. The van der Waals surface area contributed by atoms with Crippen LogP contribution >= 0.6 is 11.3 Å².